The van der Waals surface area contributed by atoms with E-state index in [9.17, 15) is 4.79 Å². The molecule has 106 valence electrons. The summed E-state index contributed by atoms with van der Waals surface area (Å²) in [5.74, 6) is 4.93. The summed E-state index contributed by atoms with van der Waals surface area (Å²) in [4.78, 5) is 12.2. The molecule has 0 atom stereocenters. The minimum atomic E-state index is -0.352. The maximum atomic E-state index is 12.2. The summed E-state index contributed by atoms with van der Waals surface area (Å²) in [5.41, 5.74) is 1.44. The Morgan fingerprint density at radius 3 is 2.62 bits per heavy atom. The van der Waals surface area contributed by atoms with Crippen molar-refractivity contribution in [1.29, 1.82) is 0 Å². The SMILES string of the molecule is O=C(Nc1cc(C#CCO)ccc1Cl)c1ccccc1Cl. The molecule has 0 saturated heterocycles. The van der Waals surface area contributed by atoms with Crippen LogP contribution >= 0.6 is 23.2 Å². The lowest BCUT2D eigenvalue weighted by molar-refractivity contribution is 0.102. The summed E-state index contributed by atoms with van der Waals surface area (Å²) in [5, 5.41) is 12.1. The molecule has 3 nitrogen and oxygen atoms in total. The van der Waals surface area contributed by atoms with Crippen molar-refractivity contribution in [3.63, 3.8) is 0 Å². The number of anilines is 1. The van der Waals surface area contributed by atoms with E-state index in [4.69, 9.17) is 28.3 Å². The Balaban J connectivity index is 2.27. The van der Waals surface area contributed by atoms with E-state index < -0.39 is 0 Å². The van der Waals surface area contributed by atoms with Gasteiger partial charge in [-0.05, 0) is 30.3 Å². The van der Waals surface area contributed by atoms with Gasteiger partial charge in [0, 0.05) is 5.56 Å². The van der Waals surface area contributed by atoms with Crippen molar-refractivity contribution in [3.05, 3.63) is 63.6 Å². The molecule has 0 bridgehead atoms. The van der Waals surface area contributed by atoms with Crippen LogP contribution in [-0.4, -0.2) is 17.6 Å². The first-order chi connectivity index (χ1) is 10.1. The first-order valence-electron chi connectivity index (χ1n) is 6.07. The highest BCUT2D eigenvalue weighted by molar-refractivity contribution is 6.36. The van der Waals surface area contributed by atoms with Gasteiger partial charge in [-0.2, -0.15) is 0 Å². The number of aliphatic hydroxyl groups excluding tert-OH is 1. The van der Waals surface area contributed by atoms with E-state index in [1.54, 1.807) is 42.5 Å². The average molecular weight is 320 g/mol. The molecule has 2 aromatic carbocycles. The van der Waals surface area contributed by atoms with Gasteiger partial charge in [0.15, 0.2) is 0 Å². The molecular formula is C16H11Cl2NO2. The summed E-state index contributed by atoms with van der Waals surface area (Å²) >= 11 is 12.0. The van der Waals surface area contributed by atoms with E-state index >= 15 is 0 Å². The van der Waals surface area contributed by atoms with Crippen LogP contribution in [0, 0.1) is 11.8 Å². The second-order valence-electron chi connectivity index (χ2n) is 4.09. The van der Waals surface area contributed by atoms with E-state index in [1.165, 1.54) is 0 Å². The predicted molar refractivity (Wildman–Crippen MR) is 84.8 cm³/mol. The Kier molecular flexibility index (Phi) is 5.24. The highest BCUT2D eigenvalue weighted by Crippen LogP contribution is 2.24. The third-order valence-electron chi connectivity index (χ3n) is 2.64. The van der Waals surface area contributed by atoms with Crippen LogP contribution in [0.4, 0.5) is 5.69 Å². The molecule has 0 aliphatic carbocycles. The van der Waals surface area contributed by atoms with Crippen molar-refractivity contribution in [2.45, 2.75) is 0 Å². The molecule has 2 aromatic rings. The van der Waals surface area contributed by atoms with Crippen molar-refractivity contribution >= 4 is 34.8 Å². The Labute approximate surface area is 132 Å². The van der Waals surface area contributed by atoms with Crippen molar-refractivity contribution in [2.75, 3.05) is 11.9 Å². The largest absolute Gasteiger partial charge is 0.384 e. The van der Waals surface area contributed by atoms with Gasteiger partial charge in [-0.3, -0.25) is 4.79 Å². The van der Waals surface area contributed by atoms with Crippen LogP contribution in [0.25, 0.3) is 0 Å². The number of aliphatic hydroxyl groups is 1. The van der Waals surface area contributed by atoms with Crippen LogP contribution in [0.3, 0.4) is 0 Å². The van der Waals surface area contributed by atoms with Gasteiger partial charge in [-0.15, -0.1) is 0 Å². The summed E-state index contributed by atoms with van der Waals surface area (Å²) < 4.78 is 0. The summed E-state index contributed by atoms with van der Waals surface area (Å²) in [6.07, 6.45) is 0. The molecule has 2 rings (SSSR count). The van der Waals surface area contributed by atoms with E-state index in [2.05, 4.69) is 17.2 Å². The Hall–Kier alpha value is -1.99. The molecular weight excluding hydrogens is 309 g/mol. The van der Waals surface area contributed by atoms with Crippen LogP contribution in [-0.2, 0) is 0 Å². The highest BCUT2D eigenvalue weighted by Gasteiger charge is 2.11. The van der Waals surface area contributed by atoms with Gasteiger partial charge >= 0.3 is 0 Å². The fourth-order valence-electron chi connectivity index (χ4n) is 1.68. The number of halogens is 2. The Bertz CT molecular complexity index is 733. The molecule has 5 heteroatoms. The van der Waals surface area contributed by atoms with Crippen LogP contribution in [0.1, 0.15) is 15.9 Å². The molecule has 1 amide bonds. The van der Waals surface area contributed by atoms with E-state index in [-0.39, 0.29) is 12.5 Å². The molecule has 0 saturated carbocycles. The number of carbonyl (C=O) groups is 1. The number of hydrogen-bond acceptors (Lipinski definition) is 2. The van der Waals surface area contributed by atoms with Gasteiger partial charge < -0.3 is 10.4 Å². The highest BCUT2D eigenvalue weighted by atomic mass is 35.5. The summed E-state index contributed by atoms with van der Waals surface area (Å²) in [6, 6.07) is 11.7. The number of amides is 1. The van der Waals surface area contributed by atoms with Gasteiger partial charge in [-0.1, -0.05) is 47.2 Å². The second-order valence-corrected chi connectivity index (χ2v) is 4.90. The topological polar surface area (TPSA) is 49.3 Å². The zero-order valence-electron chi connectivity index (χ0n) is 10.9. The summed E-state index contributed by atoms with van der Waals surface area (Å²) in [7, 11) is 0. The fraction of sp³-hybridized carbons (Fsp3) is 0.0625. The van der Waals surface area contributed by atoms with Gasteiger partial charge in [-0.25, -0.2) is 0 Å². The number of hydrogen-bond donors (Lipinski definition) is 2. The van der Waals surface area contributed by atoms with E-state index in [0.717, 1.165) is 0 Å². The van der Waals surface area contributed by atoms with Crippen molar-refractivity contribution in [3.8, 4) is 11.8 Å². The minimum absolute atomic E-state index is 0.232. The maximum Gasteiger partial charge on any atom is 0.257 e. The molecule has 2 N–H and O–H groups in total. The second kappa shape index (κ2) is 7.14. The monoisotopic (exact) mass is 319 g/mol. The van der Waals surface area contributed by atoms with Crippen LogP contribution < -0.4 is 5.32 Å². The van der Waals surface area contributed by atoms with Crippen LogP contribution in [0.5, 0.6) is 0 Å². The van der Waals surface area contributed by atoms with Crippen molar-refractivity contribution in [2.24, 2.45) is 0 Å². The molecule has 0 fully saturated rings. The van der Waals surface area contributed by atoms with Crippen LogP contribution in [0.15, 0.2) is 42.5 Å². The number of nitrogens with one attached hydrogen (secondary N) is 1. The van der Waals surface area contributed by atoms with Crippen LogP contribution in [0.2, 0.25) is 10.0 Å². The van der Waals surface area contributed by atoms with E-state index in [1.807, 2.05) is 0 Å². The lowest BCUT2D eigenvalue weighted by atomic mass is 10.1. The molecule has 0 spiro atoms. The zero-order valence-corrected chi connectivity index (χ0v) is 12.4. The third kappa shape index (κ3) is 3.99. The fourth-order valence-corrected chi connectivity index (χ4v) is 2.06. The Morgan fingerprint density at radius 2 is 1.90 bits per heavy atom. The molecule has 21 heavy (non-hydrogen) atoms. The normalized spacial score (nSPS) is 9.67. The van der Waals surface area contributed by atoms with Gasteiger partial charge in [0.2, 0.25) is 0 Å². The third-order valence-corrected chi connectivity index (χ3v) is 3.30. The number of rotatable bonds is 2. The first kappa shape index (κ1) is 15.4. The molecule has 0 unspecified atom stereocenters. The van der Waals surface area contributed by atoms with E-state index in [0.29, 0.717) is 26.9 Å². The van der Waals surface area contributed by atoms with Crippen molar-refractivity contribution in [1.82, 2.24) is 0 Å². The predicted octanol–water partition coefficient (Wildman–Crippen LogP) is 3.59. The summed E-state index contributed by atoms with van der Waals surface area (Å²) in [6.45, 7) is -0.232. The lowest BCUT2D eigenvalue weighted by Crippen LogP contribution is -2.12. The average Bonchev–Trinajstić information content (AvgIpc) is 2.48. The van der Waals surface area contributed by atoms with Gasteiger partial charge in [0.25, 0.3) is 5.91 Å². The van der Waals surface area contributed by atoms with Gasteiger partial charge in [0.05, 0.1) is 21.3 Å². The molecule has 0 aliphatic heterocycles. The molecule has 0 heterocycles. The molecule has 0 radical (unpaired) electrons. The number of benzene rings is 2. The molecule has 0 aliphatic rings. The lowest BCUT2D eigenvalue weighted by Gasteiger charge is -2.08. The van der Waals surface area contributed by atoms with Crippen molar-refractivity contribution < 1.29 is 9.90 Å². The zero-order chi connectivity index (χ0) is 15.2. The Morgan fingerprint density at radius 1 is 1.14 bits per heavy atom. The number of carbonyl (C=O) groups excluding carboxylic acids is 1. The molecule has 0 aromatic heterocycles. The minimum Gasteiger partial charge on any atom is -0.384 e. The standard InChI is InChI=1S/C16H11Cl2NO2/c17-13-6-2-1-5-12(13)16(21)19-15-10-11(4-3-9-20)7-8-14(15)18/h1-2,5-8,10,20H,9H2,(H,19,21). The quantitative estimate of drug-likeness (QED) is 0.831. The maximum absolute atomic E-state index is 12.2. The smallest absolute Gasteiger partial charge is 0.257 e. The van der Waals surface area contributed by atoms with Gasteiger partial charge in [0.1, 0.15) is 6.61 Å². The first-order valence-corrected chi connectivity index (χ1v) is 6.82.